The van der Waals surface area contributed by atoms with Gasteiger partial charge in [-0.1, -0.05) is 19.1 Å². The second-order valence-electron chi connectivity index (χ2n) is 6.24. The Hall–Kier alpha value is -1.28. The number of halogens is 3. The maximum atomic E-state index is 12.2. The summed E-state index contributed by atoms with van der Waals surface area (Å²) in [7, 11) is -5.66. The Kier molecular flexibility index (Phi) is 3.98. The molecule has 1 saturated carbocycles. The first-order chi connectivity index (χ1) is 9.85. The molecule has 1 aromatic carbocycles. The zero-order valence-electron chi connectivity index (χ0n) is 12.1. The highest BCUT2D eigenvalue weighted by Gasteiger charge is 2.48. The Morgan fingerprint density at radius 2 is 1.68 bits per heavy atom. The Labute approximate surface area is 127 Å². The number of alkyl halides is 3. The largest absolute Gasteiger partial charge is 0.534 e. The lowest BCUT2D eigenvalue weighted by molar-refractivity contribution is -0.0500. The fourth-order valence-corrected chi connectivity index (χ4v) is 3.35. The van der Waals surface area contributed by atoms with E-state index in [2.05, 4.69) is 4.18 Å². The molecule has 1 aliphatic carbocycles. The van der Waals surface area contributed by atoms with Crippen LogP contribution in [-0.2, 0) is 15.5 Å². The van der Waals surface area contributed by atoms with E-state index in [-0.39, 0.29) is 5.41 Å². The molecule has 1 fully saturated rings. The highest BCUT2D eigenvalue weighted by atomic mass is 32.2. The minimum Gasteiger partial charge on any atom is -0.390 e. The van der Waals surface area contributed by atoms with Gasteiger partial charge in [0.25, 0.3) is 0 Å². The van der Waals surface area contributed by atoms with Gasteiger partial charge >= 0.3 is 15.6 Å². The summed E-state index contributed by atoms with van der Waals surface area (Å²) in [5, 5.41) is 10.1. The second kappa shape index (κ2) is 5.13. The van der Waals surface area contributed by atoms with Crippen LogP contribution >= 0.6 is 0 Å². The van der Waals surface area contributed by atoms with Crippen molar-refractivity contribution in [3.63, 3.8) is 0 Å². The molecule has 0 spiro atoms. The van der Waals surface area contributed by atoms with Gasteiger partial charge in [-0.2, -0.15) is 21.6 Å². The second-order valence-corrected chi connectivity index (χ2v) is 7.78. The Bertz CT molecular complexity index is 650. The Balaban J connectivity index is 2.19. The highest BCUT2D eigenvalue weighted by molar-refractivity contribution is 7.87. The van der Waals surface area contributed by atoms with E-state index in [0.717, 1.165) is 12.0 Å². The van der Waals surface area contributed by atoms with Crippen molar-refractivity contribution in [3.8, 4) is 5.75 Å². The summed E-state index contributed by atoms with van der Waals surface area (Å²) in [4.78, 5) is 0. The van der Waals surface area contributed by atoms with Crippen molar-refractivity contribution in [3.05, 3.63) is 29.8 Å². The fourth-order valence-electron chi connectivity index (χ4n) is 2.90. The van der Waals surface area contributed by atoms with Crippen molar-refractivity contribution >= 4 is 10.1 Å². The number of benzene rings is 1. The summed E-state index contributed by atoms with van der Waals surface area (Å²) in [6.07, 6.45) is 1.90. The van der Waals surface area contributed by atoms with Crippen molar-refractivity contribution in [1.29, 1.82) is 0 Å². The standard InChI is InChI=1S/C14H17F3O4S/c1-12(7-8-13(2,18)9-12)10-3-5-11(6-4-10)21-22(19,20)14(15,16)17/h3-6,18H,7-9H2,1-2H3. The number of rotatable bonds is 3. The predicted octanol–water partition coefficient (Wildman–Crippen LogP) is 3.11. The first-order valence-corrected chi connectivity index (χ1v) is 8.09. The van der Waals surface area contributed by atoms with Crippen LogP contribution in [0.1, 0.15) is 38.7 Å². The van der Waals surface area contributed by atoms with E-state index in [1.165, 1.54) is 24.3 Å². The molecule has 4 nitrogen and oxygen atoms in total. The molecule has 1 N–H and O–H groups in total. The van der Waals surface area contributed by atoms with Crippen molar-refractivity contribution < 1.29 is 30.9 Å². The molecule has 1 aromatic rings. The number of aliphatic hydroxyl groups is 1. The quantitative estimate of drug-likeness (QED) is 0.679. The minimum atomic E-state index is -5.66. The Morgan fingerprint density at radius 1 is 1.14 bits per heavy atom. The van der Waals surface area contributed by atoms with E-state index in [1.807, 2.05) is 6.92 Å². The molecule has 22 heavy (non-hydrogen) atoms. The summed E-state index contributed by atoms with van der Waals surface area (Å²) in [6, 6.07) is 5.44. The average molecular weight is 338 g/mol. The van der Waals surface area contributed by atoms with Crippen molar-refractivity contribution in [2.75, 3.05) is 0 Å². The smallest absolute Gasteiger partial charge is 0.390 e. The molecule has 0 saturated heterocycles. The molecule has 0 aromatic heterocycles. The van der Waals surface area contributed by atoms with Crippen LogP contribution in [0.2, 0.25) is 0 Å². The maximum absolute atomic E-state index is 12.2. The first kappa shape index (κ1) is 17.1. The lowest BCUT2D eigenvalue weighted by Gasteiger charge is -2.26. The summed E-state index contributed by atoms with van der Waals surface area (Å²) in [6.45, 7) is 3.70. The molecule has 0 heterocycles. The van der Waals surface area contributed by atoms with Gasteiger partial charge in [0.2, 0.25) is 0 Å². The minimum absolute atomic E-state index is 0.301. The van der Waals surface area contributed by atoms with Gasteiger partial charge in [0.05, 0.1) is 5.60 Å². The highest BCUT2D eigenvalue weighted by Crippen LogP contribution is 2.46. The molecule has 2 atom stereocenters. The first-order valence-electron chi connectivity index (χ1n) is 6.68. The summed E-state index contributed by atoms with van der Waals surface area (Å²) < 4.78 is 62.7. The zero-order valence-corrected chi connectivity index (χ0v) is 13.0. The van der Waals surface area contributed by atoms with E-state index >= 15 is 0 Å². The van der Waals surface area contributed by atoms with Crippen molar-refractivity contribution in [1.82, 2.24) is 0 Å². The summed E-state index contributed by atoms with van der Waals surface area (Å²) >= 11 is 0. The van der Waals surface area contributed by atoms with Gasteiger partial charge in [0.15, 0.2) is 0 Å². The van der Waals surface area contributed by atoms with Crippen LogP contribution < -0.4 is 4.18 Å². The third kappa shape index (κ3) is 3.38. The predicted molar refractivity (Wildman–Crippen MR) is 73.9 cm³/mol. The molecule has 0 aliphatic heterocycles. The van der Waals surface area contributed by atoms with Crippen LogP contribution in [0.15, 0.2) is 24.3 Å². The number of hydrogen-bond acceptors (Lipinski definition) is 4. The van der Waals surface area contributed by atoms with Gasteiger partial charge in [-0.3, -0.25) is 0 Å². The van der Waals surface area contributed by atoms with Crippen LogP contribution in [0.4, 0.5) is 13.2 Å². The zero-order chi connectivity index (χ0) is 16.8. The monoisotopic (exact) mass is 338 g/mol. The molecule has 0 bridgehead atoms. The molecule has 8 heteroatoms. The van der Waals surface area contributed by atoms with Crippen LogP contribution in [-0.4, -0.2) is 24.6 Å². The van der Waals surface area contributed by atoms with Gasteiger partial charge in [-0.15, -0.1) is 0 Å². The van der Waals surface area contributed by atoms with E-state index < -0.39 is 27.0 Å². The molecular formula is C14H17F3O4S. The van der Waals surface area contributed by atoms with E-state index in [1.54, 1.807) is 6.92 Å². The van der Waals surface area contributed by atoms with E-state index in [0.29, 0.717) is 12.8 Å². The fraction of sp³-hybridized carbons (Fsp3) is 0.571. The molecule has 124 valence electrons. The summed E-state index contributed by atoms with van der Waals surface area (Å²) in [5.74, 6) is -0.394. The molecule has 2 unspecified atom stereocenters. The lowest BCUT2D eigenvalue weighted by atomic mass is 9.80. The lowest BCUT2D eigenvalue weighted by Crippen LogP contribution is -2.28. The molecule has 0 radical (unpaired) electrons. The van der Waals surface area contributed by atoms with Gasteiger partial charge < -0.3 is 9.29 Å². The molecule has 0 amide bonds. The van der Waals surface area contributed by atoms with Crippen LogP contribution in [0.25, 0.3) is 0 Å². The Morgan fingerprint density at radius 3 is 2.09 bits per heavy atom. The third-order valence-electron chi connectivity index (χ3n) is 4.03. The van der Waals surface area contributed by atoms with Gasteiger partial charge in [-0.25, -0.2) is 0 Å². The van der Waals surface area contributed by atoms with Crippen molar-refractivity contribution in [2.24, 2.45) is 0 Å². The van der Waals surface area contributed by atoms with Gasteiger partial charge in [0.1, 0.15) is 5.75 Å². The normalized spacial score (nSPS) is 29.5. The molecule has 2 rings (SSSR count). The van der Waals surface area contributed by atoms with E-state index in [4.69, 9.17) is 0 Å². The topological polar surface area (TPSA) is 63.6 Å². The van der Waals surface area contributed by atoms with Gasteiger partial charge in [0, 0.05) is 0 Å². The maximum Gasteiger partial charge on any atom is 0.534 e. The van der Waals surface area contributed by atoms with Gasteiger partial charge in [-0.05, 0) is 49.3 Å². The average Bonchev–Trinajstić information content (AvgIpc) is 2.63. The third-order valence-corrected chi connectivity index (χ3v) is 5.01. The van der Waals surface area contributed by atoms with Crippen LogP contribution in [0.5, 0.6) is 5.75 Å². The van der Waals surface area contributed by atoms with E-state index in [9.17, 15) is 26.7 Å². The van der Waals surface area contributed by atoms with Crippen molar-refractivity contribution in [2.45, 2.75) is 49.6 Å². The number of hydrogen-bond donors (Lipinski definition) is 1. The molecular weight excluding hydrogens is 321 g/mol. The molecule has 1 aliphatic rings. The van der Waals surface area contributed by atoms with Crippen LogP contribution in [0, 0.1) is 0 Å². The van der Waals surface area contributed by atoms with Crippen LogP contribution in [0.3, 0.4) is 0 Å². The SMILES string of the molecule is CC1(O)CCC(C)(c2ccc(OS(=O)(=O)C(F)(F)F)cc2)C1. The summed E-state index contributed by atoms with van der Waals surface area (Å²) in [5.41, 5.74) is -5.71.